The van der Waals surface area contributed by atoms with E-state index in [1.165, 1.54) is 0 Å². The Labute approximate surface area is 71.2 Å². The minimum atomic E-state index is 0.947. The van der Waals surface area contributed by atoms with Crippen LogP contribution in [0.15, 0.2) is 0 Å². The standard InChI is InChI=1S/C10H19B/c1-7(11)10-6-8-2-4-9(10)5-3-8/h7-10H,2-6,11H2,1H3. The van der Waals surface area contributed by atoms with Crippen LogP contribution >= 0.6 is 0 Å². The highest BCUT2D eigenvalue weighted by Crippen LogP contribution is 2.48. The zero-order valence-corrected chi connectivity index (χ0v) is 7.84. The highest BCUT2D eigenvalue weighted by molar-refractivity contribution is 6.11. The fourth-order valence-corrected chi connectivity index (χ4v) is 3.25. The van der Waals surface area contributed by atoms with Crippen molar-refractivity contribution in [2.24, 2.45) is 17.8 Å². The molecule has 2 atom stereocenters. The molecule has 0 aromatic heterocycles. The number of rotatable bonds is 1. The largest absolute Gasteiger partial charge is 0.105 e. The molecule has 3 saturated carbocycles. The molecule has 0 N–H and O–H groups in total. The Morgan fingerprint density at radius 1 is 1.18 bits per heavy atom. The molecule has 0 nitrogen and oxygen atoms in total. The fourth-order valence-electron chi connectivity index (χ4n) is 3.25. The molecule has 11 heavy (non-hydrogen) atoms. The topological polar surface area (TPSA) is 0 Å². The molecule has 2 unspecified atom stereocenters. The lowest BCUT2D eigenvalue weighted by molar-refractivity contribution is 0.0970. The van der Waals surface area contributed by atoms with E-state index >= 15 is 0 Å². The van der Waals surface area contributed by atoms with Crippen LogP contribution in [-0.2, 0) is 0 Å². The molecule has 0 aromatic carbocycles. The van der Waals surface area contributed by atoms with Crippen molar-refractivity contribution in [3.05, 3.63) is 0 Å². The van der Waals surface area contributed by atoms with Gasteiger partial charge < -0.3 is 0 Å². The highest BCUT2D eigenvalue weighted by atomic mass is 14.4. The van der Waals surface area contributed by atoms with Crippen LogP contribution in [0.4, 0.5) is 0 Å². The summed E-state index contributed by atoms with van der Waals surface area (Å²) in [5.41, 5.74) is 0. The van der Waals surface area contributed by atoms with Crippen LogP contribution in [0.3, 0.4) is 0 Å². The van der Waals surface area contributed by atoms with E-state index in [2.05, 4.69) is 14.8 Å². The summed E-state index contributed by atoms with van der Waals surface area (Å²) in [5, 5.41) is 0. The smallest absolute Gasteiger partial charge is 0.0695 e. The molecule has 0 amide bonds. The molecule has 3 aliphatic carbocycles. The molecule has 0 heterocycles. The van der Waals surface area contributed by atoms with E-state index in [1.807, 2.05) is 0 Å². The molecule has 3 rings (SSSR count). The lowest BCUT2D eigenvalue weighted by Gasteiger charge is -2.44. The molecule has 62 valence electrons. The first-order valence-corrected chi connectivity index (χ1v) is 5.27. The summed E-state index contributed by atoms with van der Waals surface area (Å²) in [7, 11) is 2.41. The first-order chi connectivity index (χ1) is 5.27. The van der Waals surface area contributed by atoms with Crippen LogP contribution < -0.4 is 0 Å². The maximum Gasteiger partial charge on any atom is 0.105 e. The van der Waals surface area contributed by atoms with Crippen molar-refractivity contribution in [1.29, 1.82) is 0 Å². The third-order valence-corrected chi connectivity index (χ3v) is 3.96. The van der Waals surface area contributed by atoms with Crippen LogP contribution in [0.25, 0.3) is 0 Å². The lowest BCUT2D eigenvalue weighted by Crippen LogP contribution is -2.33. The van der Waals surface area contributed by atoms with Gasteiger partial charge in [-0.2, -0.15) is 0 Å². The predicted octanol–water partition coefficient (Wildman–Crippen LogP) is 2.25. The summed E-state index contributed by atoms with van der Waals surface area (Å²) in [6.07, 6.45) is 7.76. The molecule has 3 aliphatic rings. The van der Waals surface area contributed by atoms with Crippen molar-refractivity contribution in [1.82, 2.24) is 0 Å². The van der Waals surface area contributed by atoms with E-state index in [9.17, 15) is 0 Å². The summed E-state index contributed by atoms with van der Waals surface area (Å²) in [6.45, 7) is 2.41. The third kappa shape index (κ3) is 1.34. The van der Waals surface area contributed by atoms with Gasteiger partial charge in [-0.15, -0.1) is 0 Å². The maximum absolute atomic E-state index is 2.41. The Balaban J connectivity index is 2.03. The predicted molar refractivity (Wildman–Crippen MR) is 51.5 cm³/mol. The van der Waals surface area contributed by atoms with Crippen LogP contribution in [-0.4, -0.2) is 7.85 Å². The summed E-state index contributed by atoms with van der Waals surface area (Å²) < 4.78 is 0. The van der Waals surface area contributed by atoms with Gasteiger partial charge in [-0.3, -0.25) is 0 Å². The first kappa shape index (κ1) is 7.70. The average Bonchev–Trinajstić information content (AvgIpc) is 2.06. The minimum Gasteiger partial charge on any atom is -0.0695 e. The normalized spacial score (nSPS) is 45.7. The average molecular weight is 150 g/mol. The number of hydrogen-bond acceptors (Lipinski definition) is 0. The van der Waals surface area contributed by atoms with E-state index in [0.29, 0.717) is 0 Å². The van der Waals surface area contributed by atoms with Crippen LogP contribution in [0, 0.1) is 17.8 Å². The Bertz CT molecular complexity index is 134. The maximum atomic E-state index is 2.41. The Kier molecular flexibility index (Phi) is 1.99. The fraction of sp³-hybridized carbons (Fsp3) is 1.00. The summed E-state index contributed by atoms with van der Waals surface area (Å²) in [4.78, 5) is 0. The molecule has 0 radical (unpaired) electrons. The van der Waals surface area contributed by atoms with Crippen molar-refractivity contribution in [3.8, 4) is 0 Å². The Hall–Kier alpha value is 0.0649. The molecule has 2 bridgehead atoms. The van der Waals surface area contributed by atoms with Crippen molar-refractivity contribution in [3.63, 3.8) is 0 Å². The van der Waals surface area contributed by atoms with Gasteiger partial charge in [0.2, 0.25) is 0 Å². The molecular weight excluding hydrogens is 131 g/mol. The second kappa shape index (κ2) is 2.84. The van der Waals surface area contributed by atoms with Crippen molar-refractivity contribution < 1.29 is 0 Å². The molecule has 1 heteroatoms. The molecule has 3 fully saturated rings. The highest BCUT2D eigenvalue weighted by Gasteiger charge is 2.36. The van der Waals surface area contributed by atoms with Gasteiger partial charge in [0.1, 0.15) is 7.85 Å². The summed E-state index contributed by atoms with van der Waals surface area (Å²) in [5.74, 6) is 4.26. The van der Waals surface area contributed by atoms with Gasteiger partial charge in [0.15, 0.2) is 0 Å². The SMILES string of the molecule is BC(C)C1CC2CCC1CC2. The van der Waals surface area contributed by atoms with Gasteiger partial charge in [-0.1, -0.05) is 25.6 Å². The van der Waals surface area contributed by atoms with Crippen molar-refractivity contribution in [2.45, 2.75) is 44.8 Å². The summed E-state index contributed by atoms with van der Waals surface area (Å²) >= 11 is 0. The van der Waals surface area contributed by atoms with E-state index < -0.39 is 0 Å². The van der Waals surface area contributed by atoms with E-state index in [1.54, 1.807) is 32.1 Å². The van der Waals surface area contributed by atoms with Gasteiger partial charge in [-0.05, 0) is 37.0 Å². The van der Waals surface area contributed by atoms with Crippen molar-refractivity contribution in [2.75, 3.05) is 0 Å². The second-order valence-electron chi connectivity index (χ2n) is 4.92. The monoisotopic (exact) mass is 150 g/mol. The van der Waals surface area contributed by atoms with Gasteiger partial charge in [0.05, 0.1) is 0 Å². The van der Waals surface area contributed by atoms with Gasteiger partial charge in [0.25, 0.3) is 0 Å². The zero-order chi connectivity index (χ0) is 7.84. The van der Waals surface area contributed by atoms with Gasteiger partial charge in [-0.25, -0.2) is 0 Å². The summed E-state index contributed by atoms with van der Waals surface area (Å²) in [6, 6.07) is 0. The molecule has 0 spiro atoms. The quantitative estimate of drug-likeness (QED) is 0.503. The zero-order valence-electron chi connectivity index (χ0n) is 7.84. The van der Waals surface area contributed by atoms with Gasteiger partial charge in [0, 0.05) is 0 Å². The van der Waals surface area contributed by atoms with E-state index in [4.69, 9.17) is 0 Å². The van der Waals surface area contributed by atoms with Gasteiger partial charge >= 0.3 is 0 Å². The Morgan fingerprint density at radius 3 is 2.09 bits per heavy atom. The molecule has 0 aromatic rings. The van der Waals surface area contributed by atoms with Crippen molar-refractivity contribution >= 4 is 7.85 Å². The van der Waals surface area contributed by atoms with E-state index in [0.717, 1.165) is 23.6 Å². The van der Waals surface area contributed by atoms with Crippen LogP contribution in [0.5, 0.6) is 0 Å². The lowest BCUT2D eigenvalue weighted by atomic mass is 9.58. The second-order valence-corrected chi connectivity index (χ2v) is 4.92. The molecule has 0 aliphatic heterocycles. The van der Waals surface area contributed by atoms with Crippen LogP contribution in [0.1, 0.15) is 39.0 Å². The minimum absolute atomic E-state index is 0.947. The first-order valence-electron chi connectivity index (χ1n) is 5.27. The Morgan fingerprint density at radius 2 is 1.82 bits per heavy atom. The van der Waals surface area contributed by atoms with Crippen LogP contribution in [0.2, 0.25) is 5.82 Å². The van der Waals surface area contributed by atoms with E-state index in [-0.39, 0.29) is 0 Å². The number of fused-ring (bicyclic) bond motifs is 3. The molecule has 0 saturated heterocycles. The number of hydrogen-bond donors (Lipinski definition) is 0. The molecular formula is C10H19B. The third-order valence-electron chi connectivity index (χ3n) is 3.96.